The third-order valence-corrected chi connectivity index (χ3v) is 5.23. The van der Waals surface area contributed by atoms with E-state index in [2.05, 4.69) is 0 Å². The number of hydrogen-bond donors (Lipinski definition) is 3. The second kappa shape index (κ2) is 18.1. The second-order valence-corrected chi connectivity index (χ2v) is 7.49. The summed E-state index contributed by atoms with van der Waals surface area (Å²) in [6.07, 6.45) is 16.6. The molecule has 0 saturated carbocycles. The predicted octanol–water partition coefficient (Wildman–Crippen LogP) is 4.20. The minimum Gasteiger partial charge on any atom is -0.480 e. The lowest BCUT2D eigenvalue weighted by Gasteiger charge is -2.06. The van der Waals surface area contributed by atoms with Gasteiger partial charge in [0.15, 0.2) is 0 Å². The zero-order valence-corrected chi connectivity index (χ0v) is 15.5. The number of nitrogens with two attached hydrogens (primary N) is 1. The summed E-state index contributed by atoms with van der Waals surface area (Å²) < 4.78 is 0. The van der Waals surface area contributed by atoms with E-state index < -0.39 is 12.0 Å². The molecule has 0 aliphatic heterocycles. The predicted molar refractivity (Wildman–Crippen MR) is 100 cm³/mol. The largest absolute Gasteiger partial charge is 0.480 e. The second-order valence-electron chi connectivity index (χ2n) is 6.34. The number of carbonyl (C=O) groups is 1. The van der Waals surface area contributed by atoms with Gasteiger partial charge >= 0.3 is 5.97 Å². The highest BCUT2D eigenvalue weighted by molar-refractivity contribution is 7.99. The highest BCUT2D eigenvalue weighted by atomic mass is 32.2. The zero-order valence-electron chi connectivity index (χ0n) is 14.7. The summed E-state index contributed by atoms with van der Waals surface area (Å²) in [7, 11) is 0. The Balaban J connectivity index is 3.04. The van der Waals surface area contributed by atoms with Gasteiger partial charge in [-0.15, -0.1) is 0 Å². The smallest absolute Gasteiger partial charge is 0.321 e. The fraction of sp³-hybridized carbons (Fsp3) is 0.944. The van der Waals surface area contributed by atoms with E-state index in [1.165, 1.54) is 77.0 Å². The number of rotatable bonds is 18. The van der Waals surface area contributed by atoms with Crippen LogP contribution in [-0.2, 0) is 4.79 Å². The van der Waals surface area contributed by atoms with Crippen molar-refractivity contribution in [1.82, 2.24) is 0 Å². The number of carboxylic acids is 1. The number of carboxylic acid groups (broad SMARTS) is 1. The van der Waals surface area contributed by atoms with E-state index in [-0.39, 0.29) is 0 Å². The monoisotopic (exact) mass is 347 g/mol. The van der Waals surface area contributed by atoms with Gasteiger partial charge in [0.25, 0.3) is 0 Å². The van der Waals surface area contributed by atoms with E-state index in [4.69, 9.17) is 15.9 Å². The molecular weight excluding hydrogens is 310 g/mol. The Morgan fingerprint density at radius 2 is 1.17 bits per heavy atom. The number of aliphatic carboxylic acids is 1. The third kappa shape index (κ3) is 17.9. The van der Waals surface area contributed by atoms with E-state index >= 15 is 0 Å². The summed E-state index contributed by atoms with van der Waals surface area (Å²) in [5.41, 5.74) is 5.45. The first-order valence-corrected chi connectivity index (χ1v) is 10.5. The van der Waals surface area contributed by atoms with Crippen molar-refractivity contribution in [3.05, 3.63) is 0 Å². The zero-order chi connectivity index (χ0) is 17.2. The molecule has 0 aromatic heterocycles. The van der Waals surface area contributed by atoms with E-state index in [0.29, 0.717) is 12.4 Å². The van der Waals surface area contributed by atoms with Crippen molar-refractivity contribution in [2.24, 2.45) is 5.73 Å². The Morgan fingerprint density at radius 1 is 0.783 bits per heavy atom. The van der Waals surface area contributed by atoms with Crippen molar-refractivity contribution in [2.75, 3.05) is 18.1 Å². The Bertz CT molecular complexity index is 265. The van der Waals surface area contributed by atoms with Crippen LogP contribution in [0.3, 0.4) is 0 Å². The van der Waals surface area contributed by atoms with Gasteiger partial charge in [0.2, 0.25) is 0 Å². The van der Waals surface area contributed by atoms with E-state index in [0.717, 1.165) is 12.2 Å². The molecule has 1 atom stereocenters. The molecule has 0 unspecified atom stereocenters. The molecule has 0 rings (SSSR count). The lowest BCUT2D eigenvalue weighted by molar-refractivity contribution is -0.137. The summed E-state index contributed by atoms with van der Waals surface area (Å²) in [6, 6.07) is -0.713. The van der Waals surface area contributed by atoms with Crippen LogP contribution in [0.1, 0.15) is 83.5 Å². The molecule has 0 amide bonds. The fourth-order valence-corrected chi connectivity index (χ4v) is 3.51. The van der Waals surface area contributed by atoms with Crippen LogP contribution in [0.4, 0.5) is 0 Å². The van der Waals surface area contributed by atoms with Crippen LogP contribution >= 0.6 is 11.8 Å². The molecule has 5 heteroatoms. The number of hydrogen-bond acceptors (Lipinski definition) is 4. The minimum absolute atomic E-state index is 0.342. The van der Waals surface area contributed by atoms with Crippen LogP contribution in [0.2, 0.25) is 0 Å². The number of aliphatic hydroxyl groups excluding tert-OH is 1. The van der Waals surface area contributed by atoms with Crippen molar-refractivity contribution >= 4 is 17.7 Å². The molecule has 0 aliphatic rings. The SMILES string of the molecule is N[C@@H](CSCCCCCCCCCCCCCCCO)C(=O)O. The summed E-state index contributed by atoms with van der Waals surface area (Å²) in [4.78, 5) is 10.5. The topological polar surface area (TPSA) is 83.5 Å². The van der Waals surface area contributed by atoms with Gasteiger partial charge in [0, 0.05) is 12.4 Å². The van der Waals surface area contributed by atoms with Gasteiger partial charge in [-0.05, 0) is 18.6 Å². The number of unbranched alkanes of at least 4 members (excludes halogenated alkanes) is 12. The molecular formula is C18H37NO3S. The maximum absolute atomic E-state index is 10.5. The van der Waals surface area contributed by atoms with Gasteiger partial charge in [-0.1, -0.05) is 70.6 Å². The number of thioether (sulfide) groups is 1. The number of aliphatic hydroxyl groups is 1. The molecule has 4 N–H and O–H groups in total. The highest BCUT2D eigenvalue weighted by Gasteiger charge is 2.10. The Hall–Kier alpha value is -0.260. The summed E-state index contributed by atoms with van der Waals surface area (Å²) in [5.74, 6) is 0.648. The standard InChI is InChI=1S/C18H37NO3S/c19-17(18(21)22)16-23-15-13-11-9-7-5-3-1-2-4-6-8-10-12-14-20/h17,20H,1-16,19H2,(H,21,22)/t17-/m0/s1. The molecule has 0 fully saturated rings. The molecule has 0 saturated heterocycles. The molecule has 23 heavy (non-hydrogen) atoms. The normalized spacial score (nSPS) is 12.4. The quantitative estimate of drug-likeness (QED) is 0.324. The molecule has 0 radical (unpaired) electrons. The van der Waals surface area contributed by atoms with Crippen LogP contribution in [0.25, 0.3) is 0 Å². The van der Waals surface area contributed by atoms with Crippen LogP contribution in [0, 0.1) is 0 Å². The van der Waals surface area contributed by atoms with Gasteiger partial charge in [-0.25, -0.2) is 0 Å². The van der Waals surface area contributed by atoms with Crippen LogP contribution in [-0.4, -0.2) is 40.3 Å². The molecule has 0 spiro atoms. The molecule has 4 nitrogen and oxygen atoms in total. The van der Waals surface area contributed by atoms with Gasteiger partial charge in [0.05, 0.1) is 0 Å². The van der Waals surface area contributed by atoms with Gasteiger partial charge in [-0.2, -0.15) is 11.8 Å². The lowest BCUT2D eigenvalue weighted by atomic mass is 10.0. The molecule has 0 aromatic rings. The van der Waals surface area contributed by atoms with Crippen molar-refractivity contribution in [3.8, 4) is 0 Å². The Labute approximate surface area is 146 Å². The van der Waals surface area contributed by atoms with Crippen LogP contribution < -0.4 is 5.73 Å². The average molecular weight is 348 g/mol. The average Bonchev–Trinajstić information content (AvgIpc) is 2.54. The van der Waals surface area contributed by atoms with Crippen LogP contribution in [0.15, 0.2) is 0 Å². The lowest BCUT2D eigenvalue weighted by Crippen LogP contribution is -2.32. The van der Waals surface area contributed by atoms with Crippen molar-refractivity contribution in [1.29, 1.82) is 0 Å². The first-order valence-electron chi connectivity index (χ1n) is 9.35. The maximum atomic E-state index is 10.5. The van der Waals surface area contributed by atoms with Crippen molar-refractivity contribution in [3.63, 3.8) is 0 Å². The molecule has 0 heterocycles. The Kier molecular flexibility index (Phi) is 17.9. The first kappa shape index (κ1) is 22.7. The van der Waals surface area contributed by atoms with Gasteiger partial charge < -0.3 is 15.9 Å². The summed E-state index contributed by atoms with van der Waals surface area (Å²) in [5, 5.41) is 17.3. The van der Waals surface area contributed by atoms with E-state index in [1.54, 1.807) is 11.8 Å². The fourth-order valence-electron chi connectivity index (χ4n) is 2.54. The summed E-state index contributed by atoms with van der Waals surface area (Å²) >= 11 is 1.65. The molecule has 0 aliphatic carbocycles. The first-order chi connectivity index (χ1) is 11.2. The van der Waals surface area contributed by atoms with Crippen molar-refractivity contribution in [2.45, 2.75) is 89.5 Å². The van der Waals surface area contributed by atoms with E-state index in [1.807, 2.05) is 0 Å². The third-order valence-electron chi connectivity index (χ3n) is 4.06. The van der Waals surface area contributed by atoms with Crippen molar-refractivity contribution < 1.29 is 15.0 Å². The molecule has 138 valence electrons. The Morgan fingerprint density at radius 3 is 1.57 bits per heavy atom. The molecule has 0 bridgehead atoms. The summed E-state index contributed by atoms with van der Waals surface area (Å²) in [6.45, 7) is 0.342. The van der Waals surface area contributed by atoms with E-state index in [9.17, 15) is 4.79 Å². The van der Waals surface area contributed by atoms with Gasteiger partial charge in [0.1, 0.15) is 6.04 Å². The maximum Gasteiger partial charge on any atom is 0.321 e. The highest BCUT2D eigenvalue weighted by Crippen LogP contribution is 2.13. The molecule has 0 aromatic carbocycles. The van der Waals surface area contributed by atoms with Gasteiger partial charge in [-0.3, -0.25) is 4.79 Å². The minimum atomic E-state index is -0.900. The van der Waals surface area contributed by atoms with Crippen LogP contribution in [0.5, 0.6) is 0 Å².